The summed E-state index contributed by atoms with van der Waals surface area (Å²) in [6.07, 6.45) is 9.21. The van der Waals surface area contributed by atoms with Crippen LogP contribution in [-0.2, 0) is 5.41 Å². The zero-order valence-corrected chi connectivity index (χ0v) is 28.5. The summed E-state index contributed by atoms with van der Waals surface area (Å²) in [5, 5.41) is 2.47. The lowest BCUT2D eigenvalue weighted by molar-refractivity contribution is 0.394. The third kappa shape index (κ3) is 5.09. The van der Waals surface area contributed by atoms with Gasteiger partial charge in [-0.25, -0.2) is 0 Å². The van der Waals surface area contributed by atoms with Gasteiger partial charge in [-0.05, 0) is 91.4 Å². The van der Waals surface area contributed by atoms with Crippen molar-refractivity contribution in [1.29, 1.82) is 0 Å². The standard InChI is InChI=1S/C49H39N/c1-49(2)45-23-12-11-22-43(45)44-30-26-39(33-46(44)49)38-19-13-20-41(32-38)50(40-28-24-35(25-29-40)34-14-5-3-6-15-34)47-31-27-36-16-9-10-21-42(36)48(47)37-17-7-4-8-18-37/h3-33,43,45H,1-2H3. The second kappa shape index (κ2) is 12.2. The van der Waals surface area contributed by atoms with Gasteiger partial charge >= 0.3 is 0 Å². The molecule has 2 aliphatic carbocycles. The van der Waals surface area contributed by atoms with Crippen molar-refractivity contribution >= 4 is 27.8 Å². The molecule has 0 saturated carbocycles. The summed E-state index contributed by atoms with van der Waals surface area (Å²) < 4.78 is 0. The van der Waals surface area contributed by atoms with Gasteiger partial charge in [0.2, 0.25) is 0 Å². The first-order valence-corrected chi connectivity index (χ1v) is 17.7. The maximum absolute atomic E-state index is 2.46. The lowest BCUT2D eigenvalue weighted by atomic mass is 9.74. The Balaban J connectivity index is 1.22. The van der Waals surface area contributed by atoms with Crippen LogP contribution < -0.4 is 4.90 Å². The first-order valence-electron chi connectivity index (χ1n) is 17.7. The summed E-state index contributed by atoms with van der Waals surface area (Å²) >= 11 is 0. The third-order valence-corrected chi connectivity index (χ3v) is 11.0. The number of rotatable bonds is 6. The van der Waals surface area contributed by atoms with Gasteiger partial charge in [-0.1, -0.05) is 172 Å². The average Bonchev–Trinajstić information content (AvgIpc) is 3.41. The first kappa shape index (κ1) is 30.2. The Morgan fingerprint density at radius 3 is 1.92 bits per heavy atom. The van der Waals surface area contributed by atoms with Crippen molar-refractivity contribution < 1.29 is 0 Å². The van der Waals surface area contributed by atoms with Gasteiger partial charge in [-0.15, -0.1) is 0 Å². The topological polar surface area (TPSA) is 3.24 Å². The van der Waals surface area contributed by atoms with E-state index in [9.17, 15) is 0 Å². The smallest absolute Gasteiger partial charge is 0.0546 e. The number of hydrogen-bond acceptors (Lipinski definition) is 1. The highest BCUT2D eigenvalue weighted by Crippen LogP contribution is 2.54. The first-order chi connectivity index (χ1) is 24.6. The maximum atomic E-state index is 2.46. The van der Waals surface area contributed by atoms with E-state index in [1.807, 2.05) is 0 Å². The van der Waals surface area contributed by atoms with Crippen LogP contribution in [0.25, 0.3) is 44.2 Å². The molecule has 0 aromatic heterocycles. The van der Waals surface area contributed by atoms with Crippen LogP contribution in [0, 0.1) is 5.92 Å². The van der Waals surface area contributed by atoms with Crippen molar-refractivity contribution in [2.75, 3.05) is 4.90 Å². The zero-order chi connectivity index (χ0) is 33.7. The number of allylic oxidation sites excluding steroid dienone is 4. The van der Waals surface area contributed by atoms with Gasteiger partial charge in [-0.3, -0.25) is 0 Å². The summed E-state index contributed by atoms with van der Waals surface area (Å²) in [6, 6.07) is 60.0. The van der Waals surface area contributed by atoms with E-state index in [1.54, 1.807) is 0 Å². The van der Waals surface area contributed by atoms with E-state index in [-0.39, 0.29) is 5.41 Å². The van der Waals surface area contributed by atoms with Gasteiger partial charge in [0.1, 0.15) is 0 Å². The number of hydrogen-bond donors (Lipinski definition) is 0. The monoisotopic (exact) mass is 641 g/mol. The van der Waals surface area contributed by atoms with Gasteiger partial charge < -0.3 is 4.90 Å². The van der Waals surface area contributed by atoms with Crippen molar-refractivity contribution in [3.05, 3.63) is 199 Å². The van der Waals surface area contributed by atoms with Crippen molar-refractivity contribution in [3.63, 3.8) is 0 Å². The molecule has 7 aromatic rings. The van der Waals surface area contributed by atoms with Crippen LogP contribution in [-0.4, -0.2) is 0 Å². The van der Waals surface area contributed by atoms with Crippen molar-refractivity contribution in [3.8, 4) is 33.4 Å². The van der Waals surface area contributed by atoms with E-state index in [4.69, 9.17) is 0 Å². The molecule has 0 fully saturated rings. The zero-order valence-electron chi connectivity index (χ0n) is 28.5. The second-order valence-corrected chi connectivity index (χ2v) is 14.2. The summed E-state index contributed by atoms with van der Waals surface area (Å²) in [7, 11) is 0. The van der Waals surface area contributed by atoms with E-state index in [1.165, 1.54) is 55.3 Å². The van der Waals surface area contributed by atoms with Crippen molar-refractivity contribution in [2.45, 2.75) is 25.2 Å². The summed E-state index contributed by atoms with van der Waals surface area (Å²) in [6.45, 7) is 4.82. The molecule has 0 radical (unpaired) electrons. The Labute approximate surface area is 295 Å². The molecule has 1 nitrogen and oxygen atoms in total. The van der Waals surface area contributed by atoms with Crippen LogP contribution in [0.4, 0.5) is 17.1 Å². The van der Waals surface area contributed by atoms with Crippen LogP contribution in [0.2, 0.25) is 0 Å². The minimum atomic E-state index is 0.0666. The lowest BCUT2D eigenvalue weighted by Gasteiger charge is -2.30. The molecule has 0 saturated heterocycles. The Kier molecular flexibility index (Phi) is 7.36. The minimum Gasteiger partial charge on any atom is -0.310 e. The average molecular weight is 642 g/mol. The molecular weight excluding hydrogens is 603 g/mol. The fourth-order valence-electron chi connectivity index (χ4n) is 8.40. The van der Waals surface area contributed by atoms with E-state index in [0.717, 1.165) is 17.1 Å². The molecule has 0 N–H and O–H groups in total. The van der Waals surface area contributed by atoms with Gasteiger partial charge in [0.15, 0.2) is 0 Å². The molecule has 0 amide bonds. The normalized spacial score (nSPS) is 17.0. The van der Waals surface area contributed by atoms with Gasteiger partial charge in [0.05, 0.1) is 5.69 Å². The van der Waals surface area contributed by atoms with Crippen LogP contribution in [0.3, 0.4) is 0 Å². The highest BCUT2D eigenvalue weighted by molar-refractivity contribution is 6.05. The molecule has 7 aromatic carbocycles. The highest BCUT2D eigenvalue weighted by Gasteiger charge is 2.44. The van der Waals surface area contributed by atoms with Crippen molar-refractivity contribution in [2.24, 2.45) is 5.92 Å². The van der Waals surface area contributed by atoms with E-state index in [2.05, 4.69) is 207 Å². The number of benzene rings is 7. The molecule has 50 heavy (non-hydrogen) atoms. The van der Waals surface area contributed by atoms with Gasteiger partial charge in [0.25, 0.3) is 0 Å². The molecule has 0 heterocycles. The fraction of sp³-hybridized carbons (Fsp3) is 0.102. The van der Waals surface area contributed by atoms with E-state index >= 15 is 0 Å². The Bertz CT molecular complexity index is 2400. The fourth-order valence-corrected chi connectivity index (χ4v) is 8.40. The van der Waals surface area contributed by atoms with Gasteiger partial charge in [0, 0.05) is 22.9 Å². The molecule has 0 aliphatic heterocycles. The quantitative estimate of drug-likeness (QED) is 0.175. The Morgan fingerprint density at radius 2 is 1.12 bits per heavy atom. The molecule has 0 bridgehead atoms. The SMILES string of the molecule is CC1(C)c2cc(-c3cccc(N(c4ccc(-c5ccccc5)cc4)c4ccc5ccccc5c4-c4ccccc4)c3)ccc2C2C=CC=CC21. The molecule has 2 atom stereocenters. The van der Waals surface area contributed by atoms with Crippen LogP contribution in [0.15, 0.2) is 188 Å². The van der Waals surface area contributed by atoms with E-state index in [0.29, 0.717) is 11.8 Å². The number of nitrogens with zero attached hydrogens (tertiary/aromatic N) is 1. The Morgan fingerprint density at radius 1 is 0.480 bits per heavy atom. The van der Waals surface area contributed by atoms with Crippen LogP contribution in [0.5, 0.6) is 0 Å². The molecule has 240 valence electrons. The largest absolute Gasteiger partial charge is 0.310 e. The number of fused-ring (bicyclic) bond motifs is 4. The predicted octanol–water partition coefficient (Wildman–Crippen LogP) is 13.4. The molecule has 2 unspecified atom stereocenters. The lowest BCUT2D eigenvalue weighted by Crippen LogP contribution is -2.24. The maximum Gasteiger partial charge on any atom is 0.0546 e. The highest BCUT2D eigenvalue weighted by atomic mass is 15.1. The molecular formula is C49H39N. The van der Waals surface area contributed by atoms with Crippen molar-refractivity contribution in [1.82, 2.24) is 0 Å². The Hall–Kier alpha value is -5.92. The summed E-state index contributed by atoms with van der Waals surface area (Å²) in [4.78, 5) is 2.44. The second-order valence-electron chi connectivity index (χ2n) is 14.2. The molecule has 0 spiro atoms. The third-order valence-electron chi connectivity index (χ3n) is 11.0. The summed E-state index contributed by atoms with van der Waals surface area (Å²) in [5.41, 5.74) is 13.7. The molecule has 2 aliphatic rings. The van der Waals surface area contributed by atoms with E-state index < -0.39 is 0 Å². The summed E-state index contributed by atoms with van der Waals surface area (Å²) in [5.74, 6) is 0.937. The molecule has 1 heteroatoms. The van der Waals surface area contributed by atoms with Gasteiger partial charge in [-0.2, -0.15) is 0 Å². The van der Waals surface area contributed by atoms with Crippen LogP contribution in [0.1, 0.15) is 30.9 Å². The predicted molar refractivity (Wildman–Crippen MR) is 212 cm³/mol. The van der Waals surface area contributed by atoms with Crippen LogP contribution >= 0.6 is 0 Å². The molecule has 9 rings (SSSR count). The number of anilines is 3. The minimum absolute atomic E-state index is 0.0666.